The molecule has 1 aromatic carbocycles. The molecule has 0 spiro atoms. The van der Waals surface area contributed by atoms with Gasteiger partial charge in [-0.3, -0.25) is 4.79 Å². The predicted octanol–water partition coefficient (Wildman–Crippen LogP) is 3.56. The normalized spacial score (nSPS) is 15.2. The second-order valence-corrected chi connectivity index (χ2v) is 8.68. The zero-order valence-electron chi connectivity index (χ0n) is 15.5. The highest BCUT2D eigenvalue weighted by Gasteiger charge is 2.29. The summed E-state index contributed by atoms with van der Waals surface area (Å²) < 4.78 is 33.3. The Hall–Kier alpha value is -2.16. The number of hydrogen-bond donors (Lipinski definition) is 1. The van der Waals surface area contributed by atoms with E-state index in [0.29, 0.717) is 30.9 Å². The average Bonchev–Trinajstić information content (AvgIpc) is 2.70. The van der Waals surface area contributed by atoms with Crippen LogP contribution in [-0.2, 0) is 10.0 Å². The molecule has 0 bridgehead atoms. The van der Waals surface area contributed by atoms with E-state index in [9.17, 15) is 13.2 Å². The van der Waals surface area contributed by atoms with Crippen molar-refractivity contribution in [3.63, 3.8) is 0 Å². The molecule has 0 unspecified atom stereocenters. The number of anilines is 1. The van der Waals surface area contributed by atoms with Gasteiger partial charge in [0.2, 0.25) is 10.0 Å². The van der Waals surface area contributed by atoms with E-state index >= 15 is 0 Å². The molecule has 1 saturated heterocycles. The molecular formula is C19H22ClN3O4S. The molecule has 1 aromatic heterocycles. The molecule has 2 heterocycles. The summed E-state index contributed by atoms with van der Waals surface area (Å²) in [5.74, 6) is -0.131. The molecule has 0 aliphatic carbocycles. The third kappa shape index (κ3) is 4.63. The van der Waals surface area contributed by atoms with E-state index < -0.39 is 15.9 Å². The minimum Gasteiger partial charge on any atom is -0.492 e. The minimum absolute atomic E-state index is 0.0586. The summed E-state index contributed by atoms with van der Waals surface area (Å²) in [4.78, 5) is 16.4. The number of ether oxygens (including phenoxy) is 1. The molecule has 1 aliphatic heterocycles. The quantitative estimate of drug-likeness (QED) is 0.717. The maximum atomic E-state index is 13.1. The average molecular weight is 424 g/mol. The fraction of sp³-hybridized carbons (Fsp3) is 0.368. The van der Waals surface area contributed by atoms with Crippen molar-refractivity contribution < 1.29 is 17.9 Å². The first-order chi connectivity index (χ1) is 13.4. The highest BCUT2D eigenvalue weighted by molar-refractivity contribution is 7.89. The number of pyridine rings is 1. The lowest BCUT2D eigenvalue weighted by atomic mass is 10.2. The van der Waals surface area contributed by atoms with E-state index in [4.69, 9.17) is 16.3 Å². The second-order valence-electron chi connectivity index (χ2n) is 6.38. The van der Waals surface area contributed by atoms with E-state index in [1.54, 1.807) is 25.1 Å². The molecule has 0 atom stereocenters. The number of piperidine rings is 1. The maximum absolute atomic E-state index is 13.1. The Morgan fingerprint density at radius 2 is 1.96 bits per heavy atom. The predicted molar refractivity (Wildman–Crippen MR) is 107 cm³/mol. The van der Waals surface area contributed by atoms with Crippen LogP contribution in [0.4, 0.5) is 5.69 Å². The molecular weight excluding hydrogens is 402 g/mol. The number of sulfonamides is 1. The molecule has 1 fully saturated rings. The number of benzene rings is 1. The van der Waals surface area contributed by atoms with Gasteiger partial charge in [0, 0.05) is 25.0 Å². The van der Waals surface area contributed by atoms with Crippen molar-refractivity contribution in [3.05, 3.63) is 47.2 Å². The number of hydrogen-bond acceptors (Lipinski definition) is 5. The fourth-order valence-electron chi connectivity index (χ4n) is 3.02. The van der Waals surface area contributed by atoms with Gasteiger partial charge in [-0.1, -0.05) is 18.0 Å². The first-order valence-electron chi connectivity index (χ1n) is 9.11. The van der Waals surface area contributed by atoms with Gasteiger partial charge < -0.3 is 10.1 Å². The Morgan fingerprint density at radius 3 is 2.61 bits per heavy atom. The third-order valence-corrected chi connectivity index (χ3v) is 6.57. The highest BCUT2D eigenvalue weighted by atomic mass is 35.5. The molecule has 3 rings (SSSR count). The van der Waals surface area contributed by atoms with Crippen LogP contribution in [0.1, 0.15) is 36.5 Å². The number of aromatic nitrogens is 1. The van der Waals surface area contributed by atoms with Gasteiger partial charge in [-0.05, 0) is 50.1 Å². The summed E-state index contributed by atoms with van der Waals surface area (Å²) in [6, 6.07) is 7.68. The zero-order chi connectivity index (χ0) is 20.1. The van der Waals surface area contributed by atoms with E-state index in [1.807, 2.05) is 0 Å². The Labute approximate surface area is 169 Å². The molecule has 1 aliphatic rings. The molecule has 2 aromatic rings. The first-order valence-corrected chi connectivity index (χ1v) is 10.9. The van der Waals surface area contributed by atoms with Crippen LogP contribution in [0.5, 0.6) is 5.75 Å². The smallest absolute Gasteiger partial charge is 0.257 e. The summed E-state index contributed by atoms with van der Waals surface area (Å²) in [5.41, 5.74) is 0.678. The standard InChI is InChI=1S/C19H22ClN3O4S/c1-2-27-16-8-7-15(22-19(24)14-6-9-18(20)21-13-14)12-17(16)28(25,26)23-10-4-3-5-11-23/h6-9,12-13H,2-5,10-11H2,1H3,(H,22,24). The SMILES string of the molecule is CCOc1ccc(NC(=O)c2ccc(Cl)nc2)cc1S(=O)(=O)N1CCCCC1. The third-order valence-electron chi connectivity index (χ3n) is 4.42. The summed E-state index contributed by atoms with van der Waals surface area (Å²) in [6.07, 6.45) is 4.06. The Kier molecular flexibility index (Phi) is 6.53. The molecule has 0 radical (unpaired) electrons. The zero-order valence-corrected chi connectivity index (χ0v) is 17.1. The molecule has 0 saturated carbocycles. The number of halogens is 1. The van der Waals surface area contributed by atoms with Gasteiger partial charge >= 0.3 is 0 Å². The first kappa shape index (κ1) is 20.6. The van der Waals surface area contributed by atoms with E-state index in [2.05, 4.69) is 10.3 Å². The van der Waals surface area contributed by atoms with Gasteiger partial charge in [-0.25, -0.2) is 13.4 Å². The molecule has 1 N–H and O–H groups in total. The van der Waals surface area contributed by atoms with Crippen LogP contribution in [0.25, 0.3) is 0 Å². The molecule has 9 heteroatoms. The van der Waals surface area contributed by atoms with Crippen molar-refractivity contribution in [2.75, 3.05) is 25.0 Å². The van der Waals surface area contributed by atoms with Crippen molar-refractivity contribution in [2.24, 2.45) is 0 Å². The summed E-state index contributed by atoms with van der Waals surface area (Å²) in [7, 11) is -3.72. The number of rotatable bonds is 6. The molecule has 7 nitrogen and oxygen atoms in total. The summed E-state index contributed by atoms with van der Waals surface area (Å²) in [6.45, 7) is 3.10. The van der Waals surface area contributed by atoms with Gasteiger partial charge in [0.15, 0.2) is 0 Å². The highest BCUT2D eigenvalue weighted by Crippen LogP contribution is 2.31. The molecule has 1 amide bonds. The van der Waals surface area contributed by atoms with Crippen LogP contribution in [0.2, 0.25) is 5.15 Å². The Bertz CT molecular complexity index is 942. The Morgan fingerprint density at radius 1 is 1.21 bits per heavy atom. The van der Waals surface area contributed by atoms with Crippen LogP contribution < -0.4 is 10.1 Å². The second kappa shape index (κ2) is 8.89. The minimum atomic E-state index is -3.72. The largest absolute Gasteiger partial charge is 0.492 e. The summed E-state index contributed by atoms with van der Waals surface area (Å²) in [5, 5.41) is 2.99. The summed E-state index contributed by atoms with van der Waals surface area (Å²) >= 11 is 5.74. The fourth-order valence-corrected chi connectivity index (χ4v) is 4.81. The maximum Gasteiger partial charge on any atom is 0.257 e. The lowest BCUT2D eigenvalue weighted by molar-refractivity contribution is 0.102. The van der Waals surface area contributed by atoms with Crippen molar-refractivity contribution in [3.8, 4) is 5.75 Å². The number of nitrogens with zero attached hydrogens (tertiary/aromatic N) is 2. The van der Waals surface area contributed by atoms with Crippen molar-refractivity contribution in [2.45, 2.75) is 31.1 Å². The van der Waals surface area contributed by atoms with E-state index in [1.165, 1.54) is 22.6 Å². The van der Waals surface area contributed by atoms with Gasteiger partial charge in [-0.15, -0.1) is 0 Å². The topological polar surface area (TPSA) is 88.6 Å². The molecule has 28 heavy (non-hydrogen) atoms. The van der Waals surface area contributed by atoms with Gasteiger partial charge in [0.25, 0.3) is 5.91 Å². The van der Waals surface area contributed by atoms with E-state index in [0.717, 1.165) is 19.3 Å². The van der Waals surface area contributed by atoms with Crippen LogP contribution in [-0.4, -0.2) is 43.3 Å². The number of carbonyl (C=O) groups is 1. The molecule has 150 valence electrons. The Balaban J connectivity index is 1.90. The van der Waals surface area contributed by atoms with Gasteiger partial charge in [0.05, 0.1) is 12.2 Å². The number of nitrogens with one attached hydrogen (secondary N) is 1. The van der Waals surface area contributed by atoms with Crippen LogP contribution in [0.15, 0.2) is 41.4 Å². The van der Waals surface area contributed by atoms with Crippen molar-refractivity contribution in [1.29, 1.82) is 0 Å². The van der Waals surface area contributed by atoms with Crippen LogP contribution >= 0.6 is 11.6 Å². The number of amides is 1. The van der Waals surface area contributed by atoms with Crippen LogP contribution in [0.3, 0.4) is 0 Å². The number of carbonyl (C=O) groups excluding carboxylic acids is 1. The van der Waals surface area contributed by atoms with Crippen molar-refractivity contribution >= 4 is 33.2 Å². The van der Waals surface area contributed by atoms with E-state index in [-0.39, 0.29) is 15.8 Å². The van der Waals surface area contributed by atoms with Crippen LogP contribution in [0, 0.1) is 0 Å². The van der Waals surface area contributed by atoms with Crippen molar-refractivity contribution in [1.82, 2.24) is 9.29 Å². The van der Waals surface area contributed by atoms with Gasteiger partial charge in [-0.2, -0.15) is 4.31 Å². The monoisotopic (exact) mass is 423 g/mol. The van der Waals surface area contributed by atoms with Gasteiger partial charge in [0.1, 0.15) is 15.8 Å². The lowest BCUT2D eigenvalue weighted by Gasteiger charge is -2.27. The lowest BCUT2D eigenvalue weighted by Crippen LogP contribution is -2.35.